The van der Waals surface area contributed by atoms with Crippen LogP contribution in [0.2, 0.25) is 5.02 Å². The van der Waals surface area contributed by atoms with Gasteiger partial charge in [-0.25, -0.2) is 0 Å². The maximum Gasteiger partial charge on any atom is 0.307 e. The molecule has 1 unspecified atom stereocenters. The second-order valence-corrected chi connectivity index (χ2v) is 5.00. The third kappa shape index (κ3) is 4.11. The molecule has 1 atom stereocenters. The molecule has 0 aromatic heterocycles. The van der Waals surface area contributed by atoms with E-state index in [0.717, 1.165) is 11.1 Å². The van der Waals surface area contributed by atoms with E-state index in [9.17, 15) is 9.90 Å². The maximum absolute atomic E-state index is 11.4. The van der Waals surface area contributed by atoms with Gasteiger partial charge in [-0.2, -0.15) is 0 Å². The number of carboxylic acids is 1. The van der Waals surface area contributed by atoms with Gasteiger partial charge in [-0.15, -0.1) is 0 Å². The highest BCUT2D eigenvalue weighted by Gasteiger charge is 2.18. The van der Waals surface area contributed by atoms with E-state index in [1.54, 1.807) is 6.07 Å². The van der Waals surface area contributed by atoms with E-state index in [0.29, 0.717) is 17.9 Å². The van der Waals surface area contributed by atoms with E-state index in [2.05, 4.69) is 0 Å². The minimum atomic E-state index is -0.774. The number of carbonyl (C=O) groups is 1. The zero-order chi connectivity index (χ0) is 13.7. The molecule has 98 valence electrons. The fourth-order valence-electron chi connectivity index (χ4n) is 2.09. The molecule has 0 aliphatic rings. The second kappa shape index (κ2) is 6.39. The molecular weight excluding hydrogens is 260 g/mol. The highest BCUT2D eigenvalue weighted by Crippen LogP contribution is 2.18. The predicted octanol–water partition coefficient (Wildman–Crippen LogP) is 3.83. The molecule has 0 bridgehead atoms. The number of aliphatic carboxylic acids is 1. The Morgan fingerprint density at radius 1 is 1.00 bits per heavy atom. The summed E-state index contributed by atoms with van der Waals surface area (Å²) in [5.74, 6) is -1.20. The van der Waals surface area contributed by atoms with Crippen molar-refractivity contribution in [3.63, 3.8) is 0 Å². The smallest absolute Gasteiger partial charge is 0.307 e. The van der Waals surface area contributed by atoms with E-state index in [4.69, 9.17) is 11.6 Å². The summed E-state index contributed by atoms with van der Waals surface area (Å²) >= 11 is 5.92. The first-order valence-electron chi connectivity index (χ1n) is 6.16. The number of benzene rings is 2. The summed E-state index contributed by atoms with van der Waals surface area (Å²) in [6.07, 6.45) is 1.02. The highest BCUT2D eigenvalue weighted by molar-refractivity contribution is 6.30. The number of rotatable bonds is 5. The van der Waals surface area contributed by atoms with E-state index in [-0.39, 0.29) is 0 Å². The lowest BCUT2D eigenvalue weighted by Crippen LogP contribution is -2.19. The molecule has 0 amide bonds. The summed E-state index contributed by atoms with van der Waals surface area (Å²) < 4.78 is 0. The van der Waals surface area contributed by atoms with Gasteiger partial charge < -0.3 is 5.11 Å². The number of hydrogen-bond acceptors (Lipinski definition) is 1. The van der Waals surface area contributed by atoms with Crippen LogP contribution in [0.1, 0.15) is 11.1 Å². The Labute approximate surface area is 117 Å². The van der Waals surface area contributed by atoms with Crippen molar-refractivity contribution in [3.05, 3.63) is 70.7 Å². The molecule has 1 N–H and O–H groups in total. The number of carboxylic acid groups (broad SMARTS) is 1. The van der Waals surface area contributed by atoms with Crippen LogP contribution in [0.15, 0.2) is 54.6 Å². The summed E-state index contributed by atoms with van der Waals surface area (Å²) in [5.41, 5.74) is 1.99. The average molecular weight is 275 g/mol. The van der Waals surface area contributed by atoms with Crippen LogP contribution in [0.4, 0.5) is 0 Å². The normalized spacial score (nSPS) is 12.1. The van der Waals surface area contributed by atoms with Gasteiger partial charge >= 0.3 is 5.97 Å². The van der Waals surface area contributed by atoms with Crippen molar-refractivity contribution in [2.75, 3.05) is 0 Å². The van der Waals surface area contributed by atoms with Crippen molar-refractivity contribution in [2.24, 2.45) is 5.92 Å². The minimum absolute atomic E-state index is 0.430. The fraction of sp³-hybridized carbons (Fsp3) is 0.188. The average Bonchev–Trinajstić information content (AvgIpc) is 2.39. The Morgan fingerprint density at radius 3 is 2.26 bits per heavy atom. The van der Waals surface area contributed by atoms with E-state index in [1.165, 1.54) is 0 Å². The summed E-state index contributed by atoms with van der Waals surface area (Å²) in [6.45, 7) is 0. The van der Waals surface area contributed by atoms with Gasteiger partial charge in [0.1, 0.15) is 0 Å². The first kappa shape index (κ1) is 13.6. The molecule has 0 saturated carbocycles. The van der Waals surface area contributed by atoms with Crippen LogP contribution in [0, 0.1) is 5.92 Å². The molecule has 0 aliphatic carbocycles. The molecule has 0 fully saturated rings. The lowest BCUT2D eigenvalue weighted by Gasteiger charge is -2.12. The molecule has 2 rings (SSSR count). The van der Waals surface area contributed by atoms with Gasteiger partial charge in [0.05, 0.1) is 5.92 Å². The van der Waals surface area contributed by atoms with E-state index in [1.807, 2.05) is 48.5 Å². The van der Waals surface area contributed by atoms with Gasteiger partial charge in [0, 0.05) is 5.02 Å². The Hall–Kier alpha value is -1.80. The SMILES string of the molecule is O=C(O)C(Cc1ccccc1)Cc1cccc(Cl)c1. The van der Waals surface area contributed by atoms with Gasteiger partial charge in [-0.3, -0.25) is 4.79 Å². The molecule has 0 spiro atoms. The highest BCUT2D eigenvalue weighted by atomic mass is 35.5. The topological polar surface area (TPSA) is 37.3 Å². The van der Waals surface area contributed by atoms with Crippen molar-refractivity contribution in [2.45, 2.75) is 12.8 Å². The molecule has 0 radical (unpaired) electrons. The van der Waals surface area contributed by atoms with Crippen LogP contribution in [0.3, 0.4) is 0 Å². The zero-order valence-corrected chi connectivity index (χ0v) is 11.2. The van der Waals surface area contributed by atoms with Crippen molar-refractivity contribution >= 4 is 17.6 Å². The Kier molecular flexibility index (Phi) is 4.58. The standard InChI is InChI=1S/C16H15ClO2/c17-15-8-4-7-13(11-15)10-14(16(18)19)9-12-5-2-1-3-6-12/h1-8,11,14H,9-10H2,(H,18,19). The van der Waals surface area contributed by atoms with Crippen molar-refractivity contribution < 1.29 is 9.90 Å². The third-order valence-electron chi connectivity index (χ3n) is 3.05. The molecule has 2 aromatic carbocycles. The van der Waals surface area contributed by atoms with Crippen LogP contribution in [-0.2, 0) is 17.6 Å². The van der Waals surface area contributed by atoms with Crippen molar-refractivity contribution in [1.29, 1.82) is 0 Å². The summed E-state index contributed by atoms with van der Waals surface area (Å²) in [5, 5.41) is 9.97. The lowest BCUT2D eigenvalue weighted by molar-refractivity contribution is -0.141. The molecule has 0 aliphatic heterocycles. The quantitative estimate of drug-likeness (QED) is 0.900. The molecule has 19 heavy (non-hydrogen) atoms. The first-order chi connectivity index (χ1) is 9.15. The predicted molar refractivity (Wildman–Crippen MR) is 76.4 cm³/mol. The second-order valence-electron chi connectivity index (χ2n) is 4.56. The monoisotopic (exact) mass is 274 g/mol. The summed E-state index contributed by atoms with van der Waals surface area (Å²) in [6, 6.07) is 17.0. The van der Waals surface area contributed by atoms with Crippen LogP contribution in [0.5, 0.6) is 0 Å². The van der Waals surface area contributed by atoms with E-state index >= 15 is 0 Å². The minimum Gasteiger partial charge on any atom is -0.481 e. The Balaban J connectivity index is 2.11. The molecule has 0 heterocycles. The lowest BCUT2D eigenvalue weighted by atomic mass is 9.93. The zero-order valence-electron chi connectivity index (χ0n) is 10.4. The fourth-order valence-corrected chi connectivity index (χ4v) is 2.31. The van der Waals surface area contributed by atoms with Crippen LogP contribution >= 0.6 is 11.6 Å². The molecule has 3 heteroatoms. The van der Waals surface area contributed by atoms with Crippen molar-refractivity contribution in [3.8, 4) is 0 Å². The van der Waals surface area contributed by atoms with E-state index < -0.39 is 11.9 Å². The largest absolute Gasteiger partial charge is 0.481 e. The Morgan fingerprint density at radius 2 is 1.63 bits per heavy atom. The van der Waals surface area contributed by atoms with Crippen LogP contribution in [-0.4, -0.2) is 11.1 Å². The molecule has 0 saturated heterocycles. The molecule has 2 aromatic rings. The molecular formula is C16H15ClO2. The van der Waals surface area contributed by atoms with Gasteiger partial charge in [-0.1, -0.05) is 54.1 Å². The van der Waals surface area contributed by atoms with Gasteiger partial charge in [0.2, 0.25) is 0 Å². The van der Waals surface area contributed by atoms with Gasteiger partial charge in [-0.05, 0) is 36.1 Å². The Bertz CT molecular complexity index is 552. The third-order valence-corrected chi connectivity index (χ3v) is 3.28. The van der Waals surface area contributed by atoms with Gasteiger partial charge in [0.25, 0.3) is 0 Å². The maximum atomic E-state index is 11.4. The van der Waals surface area contributed by atoms with Crippen molar-refractivity contribution in [1.82, 2.24) is 0 Å². The van der Waals surface area contributed by atoms with Crippen LogP contribution in [0.25, 0.3) is 0 Å². The number of hydrogen-bond donors (Lipinski definition) is 1. The van der Waals surface area contributed by atoms with Crippen LogP contribution < -0.4 is 0 Å². The summed E-state index contributed by atoms with van der Waals surface area (Å²) in [4.78, 5) is 11.4. The first-order valence-corrected chi connectivity index (χ1v) is 6.54. The summed E-state index contributed by atoms with van der Waals surface area (Å²) in [7, 11) is 0. The van der Waals surface area contributed by atoms with Gasteiger partial charge in [0.15, 0.2) is 0 Å². The number of halogens is 1. The molecule has 2 nitrogen and oxygen atoms in total.